The predicted molar refractivity (Wildman–Crippen MR) is 257 cm³/mol. The first-order chi connectivity index (χ1) is 33.7. The lowest BCUT2D eigenvalue weighted by atomic mass is 9.55. The summed E-state index contributed by atoms with van der Waals surface area (Å²) in [5, 5.41) is 38.5. The number of nitro groups is 1. The topological polar surface area (TPSA) is 181 Å². The number of methoxy groups -OCH3 is 1. The van der Waals surface area contributed by atoms with Crippen LogP contribution in [-0.2, 0) is 27.5 Å². The fraction of sp³-hybridized carbons (Fsp3) is 0.370. The Labute approximate surface area is 400 Å². The van der Waals surface area contributed by atoms with Gasteiger partial charge in [0.15, 0.2) is 11.5 Å². The molecule has 0 spiro atoms. The summed E-state index contributed by atoms with van der Waals surface area (Å²) in [6.45, 7) is 4.39. The van der Waals surface area contributed by atoms with E-state index in [-0.39, 0.29) is 69.6 Å². The lowest BCUT2D eigenvalue weighted by Crippen LogP contribution is -2.70. The Hall–Kier alpha value is -6.94. The third kappa shape index (κ3) is 9.85. The van der Waals surface area contributed by atoms with Gasteiger partial charge in [-0.25, -0.2) is 4.79 Å². The zero-order chi connectivity index (χ0) is 47.9. The van der Waals surface area contributed by atoms with E-state index in [9.17, 15) is 25.1 Å². The number of nitrogens with zero attached hydrogens (tertiary/aromatic N) is 3. The Kier molecular flexibility index (Phi) is 14.4. The van der Waals surface area contributed by atoms with Gasteiger partial charge in [0.05, 0.1) is 30.3 Å². The highest BCUT2D eigenvalue weighted by molar-refractivity contribution is 6.03. The number of nitro benzene ring substituents is 1. The highest BCUT2D eigenvalue weighted by Gasteiger charge is 2.65. The number of amides is 1. The van der Waals surface area contributed by atoms with Gasteiger partial charge in [-0.3, -0.25) is 15.0 Å². The molecule has 9 rings (SSSR count). The molecule has 2 aliphatic heterocycles. The van der Waals surface area contributed by atoms with Crippen molar-refractivity contribution in [2.45, 2.75) is 75.8 Å². The lowest BCUT2D eigenvalue weighted by molar-refractivity contribution is -0.384. The van der Waals surface area contributed by atoms with Crippen molar-refractivity contribution in [1.82, 2.24) is 4.90 Å². The number of ether oxygens (including phenoxy) is 6. The van der Waals surface area contributed by atoms with E-state index in [0.717, 1.165) is 53.2 Å². The largest absolute Gasteiger partial charge is 0.459 e. The molecule has 2 N–H and O–H groups in total. The van der Waals surface area contributed by atoms with E-state index in [4.69, 9.17) is 38.4 Å². The lowest BCUT2D eigenvalue weighted by Gasteiger charge is -2.59. The normalized spacial score (nSPS) is 22.4. The van der Waals surface area contributed by atoms with Gasteiger partial charge < -0.3 is 43.5 Å². The minimum atomic E-state index is -1.55. The number of hydrogen-bond acceptors (Lipinski definition) is 13. The average molecular weight is 940 g/mol. The molecule has 0 saturated heterocycles. The second kappa shape index (κ2) is 21.1. The molecule has 2 aliphatic carbocycles. The van der Waals surface area contributed by atoms with Crippen molar-refractivity contribution in [2.24, 2.45) is 22.9 Å². The third-order valence-corrected chi connectivity index (χ3v) is 13.7. The van der Waals surface area contributed by atoms with E-state index in [1.807, 2.05) is 66.7 Å². The van der Waals surface area contributed by atoms with Gasteiger partial charge in [0.1, 0.15) is 29.9 Å². The smallest absolute Gasteiger partial charge is 0.410 e. The molecule has 5 aromatic carbocycles. The van der Waals surface area contributed by atoms with Crippen LogP contribution in [0.5, 0.6) is 28.7 Å². The van der Waals surface area contributed by atoms with Crippen LogP contribution in [0.2, 0.25) is 0 Å². The van der Waals surface area contributed by atoms with Gasteiger partial charge in [-0.05, 0) is 120 Å². The van der Waals surface area contributed by atoms with E-state index < -0.39 is 28.8 Å². The fourth-order valence-electron chi connectivity index (χ4n) is 10.6. The van der Waals surface area contributed by atoms with Crippen LogP contribution >= 0.6 is 0 Å². The summed E-state index contributed by atoms with van der Waals surface area (Å²) in [5.41, 5.74) is 3.70. The van der Waals surface area contributed by atoms with E-state index in [0.29, 0.717) is 52.9 Å². The number of aliphatic hydroxyl groups excluding tert-OH is 2. The maximum atomic E-state index is 14.5. The minimum absolute atomic E-state index is 0.0126. The number of hydrogen-bond donors (Lipinski definition) is 2. The summed E-state index contributed by atoms with van der Waals surface area (Å²) in [6.07, 6.45) is 7.68. The van der Waals surface area contributed by atoms with E-state index in [1.165, 1.54) is 19.2 Å². The van der Waals surface area contributed by atoms with Crippen molar-refractivity contribution >= 4 is 28.3 Å². The van der Waals surface area contributed by atoms with Crippen molar-refractivity contribution in [3.05, 3.63) is 154 Å². The van der Waals surface area contributed by atoms with Gasteiger partial charge >= 0.3 is 6.09 Å². The number of fused-ring (bicyclic) bond motifs is 4. The molecule has 0 radical (unpaired) electrons. The van der Waals surface area contributed by atoms with E-state index in [1.54, 1.807) is 23.1 Å². The molecule has 1 fully saturated rings. The van der Waals surface area contributed by atoms with E-state index >= 15 is 0 Å². The van der Waals surface area contributed by atoms with E-state index in [2.05, 4.69) is 24.8 Å². The van der Waals surface area contributed by atoms with Gasteiger partial charge in [-0.2, -0.15) is 0 Å². The molecule has 1 amide bonds. The van der Waals surface area contributed by atoms with Crippen LogP contribution in [0.1, 0.15) is 67.6 Å². The van der Waals surface area contributed by atoms with Crippen LogP contribution in [0.25, 0.3) is 10.8 Å². The van der Waals surface area contributed by atoms with Gasteiger partial charge in [0, 0.05) is 49.8 Å². The fourth-order valence-corrected chi connectivity index (χ4v) is 10.6. The summed E-state index contributed by atoms with van der Waals surface area (Å²) in [7, 11) is 1.34. The number of rotatable bonds is 20. The molecular weight excluding hydrogens is 883 g/mol. The van der Waals surface area contributed by atoms with Gasteiger partial charge in [0.25, 0.3) is 5.69 Å². The molecule has 15 heteroatoms. The Morgan fingerprint density at radius 2 is 1.61 bits per heavy atom. The number of non-ortho nitro benzene ring substituents is 1. The highest BCUT2D eigenvalue weighted by atomic mass is 16.7. The molecule has 360 valence electrons. The monoisotopic (exact) mass is 939 g/mol. The summed E-state index contributed by atoms with van der Waals surface area (Å²) in [6, 6.07) is 30.7. The second-order valence-electron chi connectivity index (χ2n) is 17.9. The van der Waals surface area contributed by atoms with Gasteiger partial charge in [-0.1, -0.05) is 66.5 Å². The van der Waals surface area contributed by atoms with Gasteiger partial charge in [-0.15, -0.1) is 6.58 Å². The SMILES string of the molecule is C=CCOC12Oc3ccc(Oc4ccc5ccccc5c4)cc3C3C(CCCCO)C(CCCCO)C=C(C(=NOCc4ccc([N+](=O)[O-])cc4)CC1N(Cc1ccc4c(c1)OCO4)C(=O)OC)C32. The van der Waals surface area contributed by atoms with Crippen LogP contribution < -0.4 is 18.9 Å². The van der Waals surface area contributed by atoms with Gasteiger partial charge in [0.2, 0.25) is 12.6 Å². The van der Waals surface area contributed by atoms with Crippen LogP contribution in [0.4, 0.5) is 10.5 Å². The number of oxime groups is 1. The van der Waals surface area contributed by atoms with Crippen LogP contribution in [-0.4, -0.2) is 77.4 Å². The maximum Gasteiger partial charge on any atom is 0.410 e. The zero-order valence-electron chi connectivity index (χ0n) is 38.6. The number of aliphatic hydroxyl groups is 2. The Balaban J connectivity index is 1.22. The molecular formula is C54H57N3O12. The van der Waals surface area contributed by atoms with Crippen molar-refractivity contribution in [1.29, 1.82) is 0 Å². The summed E-state index contributed by atoms with van der Waals surface area (Å²) < 4.78 is 38.1. The quantitative estimate of drug-likeness (QED) is 0.0327. The molecule has 6 atom stereocenters. The van der Waals surface area contributed by atoms with Crippen molar-refractivity contribution in [2.75, 3.05) is 33.7 Å². The molecule has 4 aliphatic rings. The first kappa shape index (κ1) is 47.1. The first-order valence-corrected chi connectivity index (χ1v) is 23.6. The highest BCUT2D eigenvalue weighted by Crippen LogP contribution is 2.62. The predicted octanol–water partition coefficient (Wildman–Crippen LogP) is 10.4. The summed E-state index contributed by atoms with van der Waals surface area (Å²) >= 11 is 0. The maximum absolute atomic E-state index is 14.5. The van der Waals surface area contributed by atoms with Crippen LogP contribution in [0.15, 0.2) is 133 Å². The summed E-state index contributed by atoms with van der Waals surface area (Å²) in [4.78, 5) is 33.3. The molecule has 1 saturated carbocycles. The molecule has 2 heterocycles. The molecule has 15 nitrogen and oxygen atoms in total. The minimum Gasteiger partial charge on any atom is -0.459 e. The Bertz CT molecular complexity index is 2720. The number of unbranched alkanes of at least 4 members (excludes halogenated alkanes) is 2. The van der Waals surface area contributed by atoms with Crippen LogP contribution in [0, 0.1) is 27.9 Å². The molecule has 0 aromatic heterocycles. The number of benzene rings is 5. The molecule has 5 aromatic rings. The Morgan fingerprint density at radius 3 is 2.38 bits per heavy atom. The first-order valence-electron chi connectivity index (χ1n) is 23.6. The third-order valence-electron chi connectivity index (χ3n) is 13.7. The molecule has 69 heavy (non-hydrogen) atoms. The molecule has 6 unspecified atom stereocenters. The number of allylic oxidation sites excluding steroid dienone is 1. The summed E-state index contributed by atoms with van der Waals surface area (Å²) in [5.74, 6) is 0.506. The number of carbonyl (C=O) groups excluding carboxylic acids is 1. The van der Waals surface area contributed by atoms with Crippen LogP contribution in [0.3, 0.4) is 0 Å². The van der Waals surface area contributed by atoms with Crippen molar-refractivity contribution < 1.29 is 53.2 Å². The number of carbonyl (C=O) groups is 1. The molecule has 0 bridgehead atoms. The van der Waals surface area contributed by atoms with Crippen molar-refractivity contribution in [3.63, 3.8) is 0 Å². The average Bonchev–Trinajstić information content (AvgIpc) is 3.84. The zero-order valence-corrected chi connectivity index (χ0v) is 38.6. The standard InChI is InChI=1S/C54H57N3O12/c1-3-26-66-54-50(56(53(60)63-2)32-36-16-22-48-49(27-36)65-34-64-48)31-46(55-67-33-35-14-18-40(19-15-35)57(61)62)44-29-39(12-6-8-24-58)43(13-7-9-25-59)51(52(44)54)45-30-42(21-23-47(45)69-54)68-41-20-17-37-10-4-5-11-38(37)28-41/h3-5,10-11,14-23,27-30,39,43,50-52,58-59H,1,6-9,12-13,24-26,31-34H2,2H3. The van der Waals surface area contributed by atoms with Crippen molar-refractivity contribution in [3.8, 4) is 28.7 Å². The Morgan fingerprint density at radius 1 is 0.884 bits per heavy atom. The second-order valence-corrected chi connectivity index (χ2v) is 17.9.